The molecular weight excluding hydrogens is 435 g/mol. The van der Waals surface area contributed by atoms with Gasteiger partial charge in [-0.05, 0) is 31.5 Å². The van der Waals surface area contributed by atoms with Crippen molar-refractivity contribution < 1.29 is 0 Å². The summed E-state index contributed by atoms with van der Waals surface area (Å²) < 4.78 is 1.85. The molecule has 8 heteroatoms. The van der Waals surface area contributed by atoms with Crippen molar-refractivity contribution in [2.24, 2.45) is 10.7 Å². The third-order valence-corrected chi connectivity index (χ3v) is 4.74. The maximum absolute atomic E-state index is 6.07. The quantitative estimate of drug-likeness (QED) is 0.435. The molecule has 0 aromatic carbocycles. The minimum Gasteiger partial charge on any atom is -0.370 e. The van der Waals surface area contributed by atoms with Crippen LogP contribution in [0.1, 0.15) is 17.0 Å². The fourth-order valence-electron chi connectivity index (χ4n) is 2.56. The van der Waals surface area contributed by atoms with Crippen molar-refractivity contribution in [1.29, 1.82) is 0 Å². The summed E-state index contributed by atoms with van der Waals surface area (Å²) in [6.45, 7) is 6.52. The van der Waals surface area contributed by atoms with Gasteiger partial charge in [-0.2, -0.15) is 16.9 Å². The third-order valence-electron chi connectivity index (χ3n) is 3.79. The van der Waals surface area contributed by atoms with Crippen molar-refractivity contribution in [2.45, 2.75) is 20.4 Å². The van der Waals surface area contributed by atoms with Gasteiger partial charge in [0.2, 0.25) is 0 Å². The van der Waals surface area contributed by atoms with E-state index in [0.717, 1.165) is 47.4 Å². The number of nitrogens with two attached hydrogens (primary N) is 1. The first kappa shape index (κ1) is 19.0. The molecule has 1 fully saturated rings. The Bertz CT molecular complexity index is 691. The second-order valence-corrected chi connectivity index (χ2v) is 6.86. The fraction of sp³-hybridized carbons (Fsp3) is 0.438. The van der Waals surface area contributed by atoms with Gasteiger partial charge in [-0.3, -0.25) is 0 Å². The zero-order valence-corrected chi connectivity index (χ0v) is 17.1. The molecule has 1 aliphatic heterocycles. The Morgan fingerprint density at radius 1 is 1.29 bits per heavy atom. The van der Waals surface area contributed by atoms with E-state index >= 15 is 0 Å². The number of nitrogens with zero attached hydrogens (tertiary/aromatic N) is 5. The molecule has 1 saturated heterocycles. The van der Waals surface area contributed by atoms with Crippen molar-refractivity contribution in [1.82, 2.24) is 19.7 Å². The Morgan fingerprint density at radius 2 is 2.04 bits per heavy atom. The summed E-state index contributed by atoms with van der Waals surface area (Å²) in [6, 6.07) is 6.04. The maximum atomic E-state index is 6.07. The summed E-state index contributed by atoms with van der Waals surface area (Å²) in [5.74, 6) is 3.70. The van der Waals surface area contributed by atoms with Crippen molar-refractivity contribution in [3.05, 3.63) is 41.3 Å². The molecule has 3 rings (SSSR count). The predicted molar refractivity (Wildman–Crippen MR) is 110 cm³/mol. The molecule has 0 aliphatic carbocycles. The largest absolute Gasteiger partial charge is 0.370 e. The molecule has 0 spiro atoms. The lowest BCUT2D eigenvalue weighted by Gasteiger charge is -2.27. The van der Waals surface area contributed by atoms with E-state index in [4.69, 9.17) is 5.73 Å². The fourth-order valence-corrected chi connectivity index (χ4v) is 3.46. The van der Waals surface area contributed by atoms with Gasteiger partial charge in [0, 0.05) is 36.5 Å². The summed E-state index contributed by atoms with van der Waals surface area (Å²) in [7, 11) is 0. The highest BCUT2D eigenvalue weighted by Crippen LogP contribution is 2.12. The van der Waals surface area contributed by atoms with Gasteiger partial charge in [-0.25, -0.2) is 14.7 Å². The minimum absolute atomic E-state index is 0. The van der Waals surface area contributed by atoms with E-state index in [-0.39, 0.29) is 24.0 Å². The van der Waals surface area contributed by atoms with Crippen LogP contribution in [0.2, 0.25) is 0 Å². The van der Waals surface area contributed by atoms with Crippen molar-refractivity contribution in [2.75, 3.05) is 24.6 Å². The number of halogens is 1. The van der Waals surface area contributed by atoms with E-state index in [9.17, 15) is 0 Å². The molecule has 0 amide bonds. The lowest BCUT2D eigenvalue weighted by molar-refractivity contribution is 0.455. The Morgan fingerprint density at radius 3 is 2.62 bits per heavy atom. The Balaban J connectivity index is 0.00000208. The number of guanidine groups is 1. The van der Waals surface area contributed by atoms with Gasteiger partial charge < -0.3 is 10.6 Å². The van der Waals surface area contributed by atoms with E-state index in [1.54, 1.807) is 0 Å². The number of aryl methyl sites for hydroxylation is 2. The van der Waals surface area contributed by atoms with Crippen molar-refractivity contribution >= 4 is 41.7 Å². The summed E-state index contributed by atoms with van der Waals surface area (Å²) in [4.78, 5) is 11.1. The summed E-state index contributed by atoms with van der Waals surface area (Å²) in [5.41, 5.74) is 9.19. The lowest BCUT2D eigenvalue weighted by Crippen LogP contribution is -2.42. The van der Waals surface area contributed by atoms with Crippen LogP contribution in [0.5, 0.6) is 0 Å². The average molecular weight is 458 g/mol. The number of aromatic nitrogens is 3. The van der Waals surface area contributed by atoms with Gasteiger partial charge >= 0.3 is 0 Å². The van der Waals surface area contributed by atoms with Crippen LogP contribution in [0.3, 0.4) is 0 Å². The van der Waals surface area contributed by atoms with Crippen molar-refractivity contribution in [3.8, 4) is 5.82 Å². The first-order valence-corrected chi connectivity index (χ1v) is 8.90. The van der Waals surface area contributed by atoms with Crippen LogP contribution in [0.25, 0.3) is 5.82 Å². The number of hydrogen-bond acceptors (Lipinski definition) is 4. The van der Waals surface area contributed by atoms with E-state index in [0.29, 0.717) is 12.5 Å². The monoisotopic (exact) mass is 458 g/mol. The van der Waals surface area contributed by atoms with Gasteiger partial charge in [0.25, 0.3) is 0 Å². The van der Waals surface area contributed by atoms with Crippen LogP contribution in [-0.4, -0.2) is 50.2 Å². The summed E-state index contributed by atoms with van der Waals surface area (Å²) in [5, 5.41) is 4.44. The van der Waals surface area contributed by atoms with Crippen LogP contribution in [-0.2, 0) is 6.54 Å². The number of pyridine rings is 1. The highest BCUT2D eigenvalue weighted by molar-refractivity contribution is 14.0. The molecule has 0 radical (unpaired) electrons. The van der Waals surface area contributed by atoms with E-state index < -0.39 is 0 Å². The molecule has 2 aromatic heterocycles. The zero-order valence-electron chi connectivity index (χ0n) is 14.0. The molecule has 0 saturated carbocycles. The van der Waals surface area contributed by atoms with Crippen LogP contribution >= 0.6 is 35.7 Å². The van der Waals surface area contributed by atoms with Gasteiger partial charge in [-0.1, -0.05) is 6.07 Å². The smallest absolute Gasteiger partial charge is 0.191 e. The first-order chi connectivity index (χ1) is 11.1. The molecule has 130 valence electrons. The van der Waals surface area contributed by atoms with Crippen LogP contribution in [0.4, 0.5) is 0 Å². The third kappa shape index (κ3) is 4.62. The normalized spacial score (nSPS) is 15.2. The second-order valence-electron chi connectivity index (χ2n) is 5.64. The Labute approximate surface area is 163 Å². The van der Waals surface area contributed by atoms with Crippen LogP contribution in [0, 0.1) is 13.8 Å². The van der Waals surface area contributed by atoms with Crippen molar-refractivity contribution in [3.63, 3.8) is 0 Å². The van der Waals surface area contributed by atoms with Crippen LogP contribution < -0.4 is 5.73 Å². The molecule has 1 aliphatic rings. The van der Waals surface area contributed by atoms with Gasteiger partial charge in [0.15, 0.2) is 11.8 Å². The Kier molecular flexibility index (Phi) is 6.90. The number of rotatable bonds is 3. The maximum Gasteiger partial charge on any atom is 0.191 e. The van der Waals surface area contributed by atoms with Gasteiger partial charge in [0.05, 0.1) is 12.2 Å². The topological polar surface area (TPSA) is 72.3 Å². The second kappa shape index (κ2) is 8.70. The van der Waals surface area contributed by atoms with Crippen LogP contribution in [0.15, 0.2) is 29.4 Å². The molecule has 3 heterocycles. The molecular formula is C16H23IN6S. The Hall–Kier alpha value is -1.29. The molecule has 0 atom stereocenters. The average Bonchev–Trinajstić information content (AvgIpc) is 2.92. The highest BCUT2D eigenvalue weighted by Gasteiger charge is 2.12. The summed E-state index contributed by atoms with van der Waals surface area (Å²) >= 11 is 1.96. The minimum atomic E-state index is 0. The van der Waals surface area contributed by atoms with Gasteiger partial charge in [0.1, 0.15) is 0 Å². The SMILES string of the molecule is Cc1cc(C)n(-c2ccc(CN=C(N)N3CCSCC3)cn2)n1.I. The van der Waals surface area contributed by atoms with E-state index in [2.05, 4.69) is 20.0 Å². The number of aliphatic imine (C=N–C) groups is 1. The first-order valence-electron chi connectivity index (χ1n) is 7.74. The summed E-state index contributed by atoms with van der Waals surface area (Å²) in [6.07, 6.45) is 1.84. The molecule has 24 heavy (non-hydrogen) atoms. The van der Waals surface area contributed by atoms with E-state index in [1.165, 1.54) is 0 Å². The molecule has 0 unspecified atom stereocenters. The molecule has 0 bridgehead atoms. The molecule has 6 nitrogen and oxygen atoms in total. The number of hydrogen-bond donors (Lipinski definition) is 1. The molecule has 2 N–H and O–H groups in total. The van der Waals surface area contributed by atoms with Gasteiger partial charge in [-0.15, -0.1) is 24.0 Å². The highest BCUT2D eigenvalue weighted by atomic mass is 127. The van der Waals surface area contributed by atoms with E-state index in [1.807, 2.05) is 54.7 Å². The zero-order chi connectivity index (χ0) is 16.2. The molecule has 2 aromatic rings. The predicted octanol–water partition coefficient (Wildman–Crippen LogP) is 2.37. The number of thioether (sulfide) groups is 1. The lowest BCUT2D eigenvalue weighted by atomic mass is 10.3. The standard InChI is InChI=1S/C16H22N6S.HI/c1-12-9-13(2)22(20-12)15-4-3-14(10-18-15)11-19-16(17)21-5-7-23-8-6-21;/h3-4,9-10H,5-8,11H2,1-2H3,(H2,17,19);1H.